The van der Waals surface area contributed by atoms with Gasteiger partial charge in [-0.25, -0.2) is 8.37 Å². The number of carbonyl (C=O) groups is 1. The maximum Gasteiger partial charge on any atom is 0.406 e. The van der Waals surface area contributed by atoms with Crippen LogP contribution in [0.3, 0.4) is 0 Å². The second-order valence-corrected chi connectivity index (χ2v) is 8.82. The molecule has 2 fully saturated rings. The van der Waals surface area contributed by atoms with E-state index < -0.39 is 16.2 Å². The molecule has 0 aromatic heterocycles. The van der Waals surface area contributed by atoms with Gasteiger partial charge in [0.2, 0.25) is 0 Å². The molecule has 2 atom stereocenters. The first-order valence-corrected chi connectivity index (χ1v) is 9.83. The quantitative estimate of drug-likeness (QED) is 0.763. The highest BCUT2D eigenvalue weighted by atomic mass is 32.3. The summed E-state index contributed by atoms with van der Waals surface area (Å²) in [4.78, 5) is 12.4. The Bertz CT molecular complexity index is 948. The molecular formula is C18H18O6S. The van der Waals surface area contributed by atoms with Crippen molar-refractivity contribution in [1.82, 2.24) is 0 Å². The number of fused-ring (bicyclic) bond motifs is 5. The molecule has 0 radical (unpaired) electrons. The van der Waals surface area contributed by atoms with Gasteiger partial charge in [-0.15, -0.1) is 0 Å². The van der Waals surface area contributed by atoms with Crippen LogP contribution < -0.4 is 0 Å². The molecular weight excluding hydrogens is 344 g/mol. The number of benzene rings is 1. The van der Waals surface area contributed by atoms with E-state index in [1.807, 2.05) is 6.07 Å². The molecule has 1 aliphatic heterocycles. The van der Waals surface area contributed by atoms with E-state index in [0.717, 1.165) is 36.0 Å². The van der Waals surface area contributed by atoms with E-state index in [9.17, 15) is 18.3 Å². The Hall–Kier alpha value is -1.70. The fourth-order valence-electron chi connectivity index (χ4n) is 5.03. The van der Waals surface area contributed by atoms with Crippen LogP contribution in [0, 0.1) is 5.41 Å². The van der Waals surface area contributed by atoms with Gasteiger partial charge in [-0.05, 0) is 53.5 Å². The van der Waals surface area contributed by atoms with Gasteiger partial charge in [0.1, 0.15) is 5.78 Å². The normalized spacial score (nSPS) is 33.9. The SMILES string of the molecule is C[C@]12CCc3c(ccc4c3CC3(OS(=O)(=O)O3)C(O)=C4)[C@@H]1CCC2=O. The summed E-state index contributed by atoms with van der Waals surface area (Å²) in [5.74, 6) is -1.30. The van der Waals surface area contributed by atoms with Crippen LogP contribution in [-0.2, 0) is 36.4 Å². The zero-order chi connectivity index (χ0) is 17.6. The van der Waals surface area contributed by atoms with Crippen molar-refractivity contribution < 1.29 is 26.7 Å². The second kappa shape index (κ2) is 4.52. The lowest BCUT2D eigenvalue weighted by Crippen LogP contribution is -2.54. The number of rotatable bonds is 0. The maximum absolute atomic E-state index is 12.4. The molecule has 25 heavy (non-hydrogen) atoms. The molecule has 1 aromatic carbocycles. The zero-order valence-electron chi connectivity index (χ0n) is 13.7. The standard InChI is InChI=1S/C18H18O6S/c1-17-7-6-11-12(14(17)4-5-15(17)19)3-2-10-8-16(20)18(9-13(10)11)23-25(21,22)24-18/h2-3,8,14,20H,4-7,9H2,1H3/t14-,17-/m0/s1. The summed E-state index contributed by atoms with van der Waals surface area (Å²) in [6.45, 7) is 2.06. The topological polar surface area (TPSA) is 89.9 Å². The first kappa shape index (κ1) is 15.5. The molecule has 0 bridgehead atoms. The van der Waals surface area contributed by atoms with Crippen LogP contribution in [0.4, 0.5) is 0 Å². The van der Waals surface area contributed by atoms with Gasteiger partial charge >= 0.3 is 10.4 Å². The van der Waals surface area contributed by atoms with Crippen molar-refractivity contribution >= 4 is 22.3 Å². The van der Waals surface area contributed by atoms with Crippen molar-refractivity contribution in [2.75, 3.05) is 0 Å². The van der Waals surface area contributed by atoms with Crippen molar-refractivity contribution in [2.45, 2.75) is 50.7 Å². The smallest absolute Gasteiger partial charge is 0.406 e. The van der Waals surface area contributed by atoms with Crippen molar-refractivity contribution in [3.8, 4) is 0 Å². The van der Waals surface area contributed by atoms with Gasteiger partial charge in [-0.3, -0.25) is 4.79 Å². The van der Waals surface area contributed by atoms with E-state index >= 15 is 0 Å². The minimum absolute atomic E-state index is 0.157. The van der Waals surface area contributed by atoms with Crippen LogP contribution in [-0.4, -0.2) is 25.1 Å². The van der Waals surface area contributed by atoms with E-state index in [2.05, 4.69) is 13.0 Å². The van der Waals surface area contributed by atoms with Crippen molar-refractivity contribution in [2.24, 2.45) is 5.41 Å². The Kier molecular flexibility index (Phi) is 2.81. The maximum atomic E-state index is 12.4. The highest BCUT2D eigenvalue weighted by Gasteiger charge is 2.58. The molecule has 0 amide bonds. The first-order chi connectivity index (χ1) is 11.7. The van der Waals surface area contributed by atoms with Crippen LogP contribution in [0.25, 0.3) is 6.08 Å². The lowest BCUT2D eigenvalue weighted by molar-refractivity contribution is -0.177. The number of ketones is 1. The number of Topliss-reactive ketones (excluding diaryl/α,β-unsaturated/α-hetero) is 1. The van der Waals surface area contributed by atoms with Crippen molar-refractivity contribution in [3.05, 3.63) is 40.1 Å². The van der Waals surface area contributed by atoms with Gasteiger partial charge in [-0.1, -0.05) is 19.1 Å². The fourth-order valence-corrected chi connectivity index (χ4v) is 5.99. The van der Waals surface area contributed by atoms with Crippen molar-refractivity contribution in [1.29, 1.82) is 0 Å². The largest absolute Gasteiger partial charge is 0.507 e. The summed E-state index contributed by atoms with van der Waals surface area (Å²) in [5, 5.41) is 10.2. The van der Waals surface area contributed by atoms with E-state index in [4.69, 9.17) is 8.37 Å². The highest BCUT2D eigenvalue weighted by molar-refractivity contribution is 7.82. The number of carbonyl (C=O) groups excluding carboxylic acids is 1. The second-order valence-electron chi connectivity index (χ2n) is 7.67. The third kappa shape index (κ3) is 1.91. The Labute approximate surface area is 145 Å². The Balaban J connectivity index is 1.62. The Morgan fingerprint density at radius 3 is 2.68 bits per heavy atom. The number of aliphatic hydroxyl groups is 1. The average molecular weight is 362 g/mol. The monoisotopic (exact) mass is 362 g/mol. The molecule has 7 heteroatoms. The van der Waals surface area contributed by atoms with E-state index in [1.54, 1.807) is 0 Å². The number of hydrogen-bond donors (Lipinski definition) is 1. The lowest BCUT2D eigenvalue weighted by atomic mass is 9.65. The van der Waals surface area contributed by atoms with Gasteiger partial charge in [0, 0.05) is 18.3 Å². The molecule has 5 rings (SSSR count). The predicted molar refractivity (Wildman–Crippen MR) is 88.0 cm³/mol. The molecule has 132 valence electrons. The summed E-state index contributed by atoms with van der Waals surface area (Å²) < 4.78 is 32.5. The Morgan fingerprint density at radius 1 is 1.20 bits per heavy atom. The third-order valence-corrected chi connectivity index (χ3v) is 7.35. The van der Waals surface area contributed by atoms with Gasteiger partial charge in [0.25, 0.3) is 5.79 Å². The van der Waals surface area contributed by atoms with Gasteiger partial charge in [-0.2, -0.15) is 8.42 Å². The van der Waals surface area contributed by atoms with Gasteiger partial charge in [0.15, 0.2) is 5.76 Å². The van der Waals surface area contributed by atoms with Crippen LogP contribution >= 0.6 is 0 Å². The number of hydrogen-bond acceptors (Lipinski definition) is 6. The van der Waals surface area contributed by atoms with Crippen LogP contribution in [0.1, 0.15) is 54.4 Å². The molecule has 1 aromatic rings. The average Bonchev–Trinajstić information content (AvgIpc) is 2.82. The van der Waals surface area contributed by atoms with Gasteiger partial charge in [0.05, 0.1) is 0 Å². The van der Waals surface area contributed by atoms with Crippen molar-refractivity contribution in [3.63, 3.8) is 0 Å². The summed E-state index contributed by atoms with van der Waals surface area (Å²) in [6.07, 6.45) is 4.70. The van der Waals surface area contributed by atoms with Crippen LogP contribution in [0.5, 0.6) is 0 Å². The minimum Gasteiger partial charge on any atom is -0.507 e. The molecule has 0 unspecified atom stereocenters. The number of aliphatic hydroxyl groups excluding tert-OH is 1. The Morgan fingerprint density at radius 2 is 1.96 bits per heavy atom. The summed E-state index contributed by atoms with van der Waals surface area (Å²) in [6, 6.07) is 3.98. The summed E-state index contributed by atoms with van der Waals surface area (Å²) >= 11 is 0. The predicted octanol–water partition coefficient (Wildman–Crippen LogP) is 2.53. The molecule has 1 saturated heterocycles. The minimum atomic E-state index is -4.02. The fraction of sp³-hybridized carbons (Fsp3) is 0.500. The molecule has 1 heterocycles. The first-order valence-electron chi connectivity index (χ1n) is 8.49. The molecule has 1 saturated carbocycles. The van der Waals surface area contributed by atoms with Crippen LogP contribution in [0.2, 0.25) is 0 Å². The molecule has 4 aliphatic rings. The van der Waals surface area contributed by atoms with Gasteiger partial charge < -0.3 is 5.11 Å². The van der Waals surface area contributed by atoms with E-state index in [1.165, 1.54) is 11.6 Å². The molecule has 6 nitrogen and oxygen atoms in total. The third-order valence-electron chi connectivity index (χ3n) is 6.40. The molecule has 3 aliphatic carbocycles. The molecule has 1 spiro atoms. The zero-order valence-corrected chi connectivity index (χ0v) is 14.6. The van der Waals surface area contributed by atoms with Crippen LogP contribution in [0.15, 0.2) is 17.9 Å². The summed E-state index contributed by atoms with van der Waals surface area (Å²) in [7, 11) is -4.02. The van der Waals surface area contributed by atoms with E-state index in [0.29, 0.717) is 12.2 Å². The highest BCUT2D eigenvalue weighted by Crippen LogP contribution is 2.55. The summed E-state index contributed by atoms with van der Waals surface area (Å²) in [5.41, 5.74) is 3.83. The lowest BCUT2D eigenvalue weighted by Gasteiger charge is -2.43. The van der Waals surface area contributed by atoms with E-state index in [-0.39, 0.29) is 23.5 Å². The molecule has 1 N–H and O–H groups in total.